The third-order valence-electron chi connectivity index (χ3n) is 3.47. The molecule has 108 valence electrons. The third kappa shape index (κ3) is 8.26. The summed E-state index contributed by atoms with van der Waals surface area (Å²) in [4.78, 5) is 0. The molecule has 0 amide bonds. The van der Waals surface area contributed by atoms with Crippen molar-refractivity contribution in [1.82, 2.24) is 0 Å². The standard InChI is InChI=1S/C17H26ClF/c1-2-3-4-5-6-7-8-11-16(18)13-15-10-9-12-17(19)14-15/h9-10,12,14,16H,2-8,11,13H2,1H3. The molecule has 1 aromatic rings. The van der Waals surface area contributed by atoms with Crippen LogP contribution in [0.1, 0.15) is 63.9 Å². The van der Waals surface area contributed by atoms with E-state index in [4.69, 9.17) is 11.6 Å². The van der Waals surface area contributed by atoms with E-state index in [0.717, 1.165) is 18.4 Å². The minimum atomic E-state index is -0.169. The molecule has 1 unspecified atom stereocenters. The van der Waals surface area contributed by atoms with E-state index in [9.17, 15) is 4.39 Å². The monoisotopic (exact) mass is 284 g/mol. The lowest BCUT2D eigenvalue weighted by Crippen LogP contribution is -2.03. The highest BCUT2D eigenvalue weighted by Gasteiger charge is 2.06. The maximum Gasteiger partial charge on any atom is 0.123 e. The lowest BCUT2D eigenvalue weighted by molar-refractivity contribution is 0.566. The summed E-state index contributed by atoms with van der Waals surface area (Å²) < 4.78 is 13.0. The van der Waals surface area contributed by atoms with Crippen LogP contribution in [0.25, 0.3) is 0 Å². The van der Waals surface area contributed by atoms with Crippen LogP contribution in [0.3, 0.4) is 0 Å². The summed E-state index contributed by atoms with van der Waals surface area (Å²) in [5, 5.41) is 0.137. The lowest BCUT2D eigenvalue weighted by Gasteiger charge is -2.09. The molecule has 0 saturated carbocycles. The Morgan fingerprint density at radius 1 is 1.05 bits per heavy atom. The van der Waals surface area contributed by atoms with Gasteiger partial charge in [0.25, 0.3) is 0 Å². The van der Waals surface area contributed by atoms with Crippen LogP contribution in [-0.2, 0) is 6.42 Å². The minimum absolute atomic E-state index is 0.137. The van der Waals surface area contributed by atoms with Crippen LogP contribution < -0.4 is 0 Å². The summed E-state index contributed by atoms with van der Waals surface area (Å²) in [6.45, 7) is 2.24. The van der Waals surface area contributed by atoms with Gasteiger partial charge in [-0.2, -0.15) is 0 Å². The van der Waals surface area contributed by atoms with Gasteiger partial charge in [-0.3, -0.25) is 0 Å². The van der Waals surface area contributed by atoms with Crippen LogP contribution in [0, 0.1) is 5.82 Å². The zero-order valence-corrected chi connectivity index (χ0v) is 12.8. The Labute approximate surface area is 122 Å². The van der Waals surface area contributed by atoms with Gasteiger partial charge in [-0.1, -0.05) is 64.0 Å². The van der Waals surface area contributed by atoms with Crippen molar-refractivity contribution >= 4 is 11.6 Å². The second-order valence-corrected chi connectivity index (χ2v) is 5.96. The Hall–Kier alpha value is -0.560. The first-order valence-electron chi connectivity index (χ1n) is 7.61. The second-order valence-electron chi connectivity index (χ2n) is 5.34. The summed E-state index contributed by atoms with van der Waals surface area (Å²) in [6, 6.07) is 6.76. The van der Waals surface area contributed by atoms with Crippen molar-refractivity contribution in [3.63, 3.8) is 0 Å². The van der Waals surface area contributed by atoms with Crippen molar-refractivity contribution in [2.24, 2.45) is 0 Å². The average molecular weight is 285 g/mol. The molecule has 0 bridgehead atoms. The van der Waals surface area contributed by atoms with Gasteiger partial charge in [0, 0.05) is 5.38 Å². The number of halogens is 2. The van der Waals surface area contributed by atoms with Gasteiger partial charge in [0.1, 0.15) is 5.82 Å². The number of unbranched alkanes of at least 4 members (excludes halogenated alkanes) is 6. The molecule has 0 aliphatic carbocycles. The van der Waals surface area contributed by atoms with Crippen LogP contribution in [0.15, 0.2) is 24.3 Å². The lowest BCUT2D eigenvalue weighted by atomic mass is 10.0. The highest BCUT2D eigenvalue weighted by Crippen LogP contribution is 2.16. The summed E-state index contributed by atoms with van der Waals surface area (Å²) in [7, 11) is 0. The first kappa shape index (κ1) is 16.5. The highest BCUT2D eigenvalue weighted by atomic mass is 35.5. The predicted molar refractivity (Wildman–Crippen MR) is 82.4 cm³/mol. The minimum Gasteiger partial charge on any atom is -0.207 e. The van der Waals surface area contributed by atoms with Crippen molar-refractivity contribution in [2.45, 2.75) is 70.1 Å². The Kier molecular flexibility index (Phi) is 8.90. The van der Waals surface area contributed by atoms with E-state index >= 15 is 0 Å². The quantitative estimate of drug-likeness (QED) is 0.359. The van der Waals surface area contributed by atoms with E-state index in [0.29, 0.717) is 0 Å². The normalized spacial score (nSPS) is 12.6. The molecule has 0 aromatic heterocycles. The van der Waals surface area contributed by atoms with E-state index in [2.05, 4.69) is 6.92 Å². The van der Waals surface area contributed by atoms with Crippen molar-refractivity contribution in [3.8, 4) is 0 Å². The summed E-state index contributed by atoms with van der Waals surface area (Å²) >= 11 is 6.31. The Morgan fingerprint density at radius 2 is 1.74 bits per heavy atom. The molecule has 1 atom stereocenters. The van der Waals surface area contributed by atoms with Gasteiger partial charge < -0.3 is 0 Å². The Bertz CT molecular complexity index is 338. The molecule has 1 aromatic carbocycles. The van der Waals surface area contributed by atoms with E-state index in [1.165, 1.54) is 51.0 Å². The fourth-order valence-electron chi connectivity index (χ4n) is 2.34. The summed E-state index contributed by atoms with van der Waals surface area (Å²) in [5.74, 6) is -0.169. The molecule has 2 heteroatoms. The van der Waals surface area contributed by atoms with Crippen LogP contribution in [0.5, 0.6) is 0 Å². The first-order chi connectivity index (χ1) is 9.22. The summed E-state index contributed by atoms with van der Waals surface area (Å²) in [5.41, 5.74) is 1.00. The van der Waals surface area contributed by atoms with Crippen molar-refractivity contribution in [2.75, 3.05) is 0 Å². The van der Waals surface area contributed by atoms with Gasteiger partial charge in [0.15, 0.2) is 0 Å². The Morgan fingerprint density at radius 3 is 2.42 bits per heavy atom. The molecule has 19 heavy (non-hydrogen) atoms. The molecule has 0 N–H and O–H groups in total. The summed E-state index contributed by atoms with van der Waals surface area (Å²) in [6.07, 6.45) is 11.0. The number of rotatable bonds is 10. The first-order valence-corrected chi connectivity index (χ1v) is 8.04. The van der Waals surface area contributed by atoms with Gasteiger partial charge >= 0.3 is 0 Å². The molecular formula is C17H26ClF. The van der Waals surface area contributed by atoms with Crippen molar-refractivity contribution in [1.29, 1.82) is 0 Å². The third-order valence-corrected chi connectivity index (χ3v) is 3.84. The zero-order chi connectivity index (χ0) is 13.9. The average Bonchev–Trinajstić information content (AvgIpc) is 2.37. The van der Waals surface area contributed by atoms with E-state index in [-0.39, 0.29) is 11.2 Å². The van der Waals surface area contributed by atoms with Gasteiger partial charge in [-0.25, -0.2) is 4.39 Å². The molecular weight excluding hydrogens is 259 g/mol. The molecule has 0 heterocycles. The molecule has 0 spiro atoms. The molecule has 0 radical (unpaired) electrons. The van der Waals surface area contributed by atoms with Crippen molar-refractivity contribution in [3.05, 3.63) is 35.6 Å². The second kappa shape index (κ2) is 10.3. The van der Waals surface area contributed by atoms with Crippen LogP contribution >= 0.6 is 11.6 Å². The SMILES string of the molecule is CCCCCCCCCC(Cl)Cc1cccc(F)c1. The Balaban J connectivity index is 2.06. The molecule has 0 nitrogen and oxygen atoms in total. The van der Waals surface area contributed by atoms with Crippen LogP contribution in [0.4, 0.5) is 4.39 Å². The fraction of sp³-hybridized carbons (Fsp3) is 0.647. The number of alkyl halides is 1. The topological polar surface area (TPSA) is 0 Å². The fourth-order valence-corrected chi connectivity index (χ4v) is 2.68. The smallest absolute Gasteiger partial charge is 0.123 e. The van der Waals surface area contributed by atoms with Crippen LogP contribution in [0.2, 0.25) is 0 Å². The molecule has 0 saturated heterocycles. The van der Waals surface area contributed by atoms with Gasteiger partial charge in [-0.15, -0.1) is 11.6 Å². The number of benzene rings is 1. The molecule has 0 aliphatic heterocycles. The predicted octanol–water partition coefficient (Wildman–Crippen LogP) is 6.12. The zero-order valence-electron chi connectivity index (χ0n) is 12.0. The van der Waals surface area contributed by atoms with E-state index < -0.39 is 0 Å². The highest BCUT2D eigenvalue weighted by molar-refractivity contribution is 6.20. The van der Waals surface area contributed by atoms with Gasteiger partial charge in [-0.05, 0) is 30.5 Å². The van der Waals surface area contributed by atoms with Crippen molar-refractivity contribution < 1.29 is 4.39 Å². The van der Waals surface area contributed by atoms with Crippen LogP contribution in [-0.4, -0.2) is 5.38 Å². The van der Waals surface area contributed by atoms with Gasteiger partial charge in [0.2, 0.25) is 0 Å². The number of hydrogen-bond donors (Lipinski definition) is 0. The van der Waals surface area contributed by atoms with E-state index in [1.54, 1.807) is 12.1 Å². The molecule has 0 fully saturated rings. The largest absolute Gasteiger partial charge is 0.207 e. The molecule has 1 rings (SSSR count). The van der Waals surface area contributed by atoms with E-state index in [1.807, 2.05) is 6.07 Å². The van der Waals surface area contributed by atoms with Gasteiger partial charge in [0.05, 0.1) is 0 Å². The maximum absolute atomic E-state index is 13.0. The maximum atomic E-state index is 13.0. The molecule has 0 aliphatic rings. The number of hydrogen-bond acceptors (Lipinski definition) is 0.